The zero-order valence-electron chi connectivity index (χ0n) is 16.1. The Kier molecular flexibility index (Phi) is 6.34. The second-order valence-corrected chi connectivity index (χ2v) is 10.8. The minimum atomic E-state index is -3.12. The van der Waals surface area contributed by atoms with Gasteiger partial charge >= 0.3 is 0 Å². The van der Waals surface area contributed by atoms with Crippen LogP contribution in [0.1, 0.15) is 60.8 Å². The van der Waals surface area contributed by atoms with E-state index >= 15 is 0 Å². The minimum absolute atomic E-state index is 0.0506. The summed E-state index contributed by atoms with van der Waals surface area (Å²) in [5, 5.41) is 4.07. The van der Waals surface area contributed by atoms with Gasteiger partial charge in [-0.25, -0.2) is 5.09 Å². The van der Waals surface area contributed by atoms with E-state index in [1.165, 1.54) is 6.42 Å². The molecule has 1 aliphatic rings. The smallest absolute Gasteiger partial charge is 0.300 e. The number of benzene rings is 1. The monoisotopic (exact) mass is 351 g/mol. The first-order valence-electron chi connectivity index (χ1n) is 9.24. The molecule has 4 atom stereocenters. The van der Waals surface area contributed by atoms with Gasteiger partial charge in [-0.2, -0.15) is 0 Å². The third-order valence-corrected chi connectivity index (χ3v) is 7.33. The number of hydrogen-bond donors (Lipinski definition) is 1. The first-order chi connectivity index (χ1) is 11.1. The molecule has 0 aliphatic heterocycles. The highest BCUT2D eigenvalue weighted by Gasteiger charge is 2.39. The maximum Gasteiger partial charge on any atom is 0.300 e. The van der Waals surface area contributed by atoms with Crippen LogP contribution < -0.4 is 10.4 Å². The van der Waals surface area contributed by atoms with Crippen LogP contribution in [0.2, 0.25) is 0 Å². The van der Waals surface area contributed by atoms with E-state index in [9.17, 15) is 4.57 Å². The Morgan fingerprint density at radius 2 is 1.79 bits per heavy atom. The highest BCUT2D eigenvalue weighted by atomic mass is 31.2. The molecule has 0 heterocycles. The van der Waals surface area contributed by atoms with Gasteiger partial charge in [0.05, 0.1) is 11.4 Å². The fourth-order valence-electron chi connectivity index (χ4n) is 3.64. The van der Waals surface area contributed by atoms with Crippen molar-refractivity contribution in [3.8, 4) is 0 Å². The van der Waals surface area contributed by atoms with E-state index < -0.39 is 7.52 Å². The predicted molar refractivity (Wildman–Crippen MR) is 103 cm³/mol. The summed E-state index contributed by atoms with van der Waals surface area (Å²) in [6.45, 7) is 12.9. The molecule has 3 nitrogen and oxygen atoms in total. The van der Waals surface area contributed by atoms with E-state index in [0.717, 1.165) is 18.1 Å². The second kappa shape index (κ2) is 7.72. The van der Waals surface area contributed by atoms with Crippen LogP contribution in [0.3, 0.4) is 0 Å². The van der Waals surface area contributed by atoms with E-state index in [1.807, 2.05) is 51.1 Å². The fourth-order valence-corrected chi connectivity index (χ4v) is 6.02. The molecule has 4 heteroatoms. The molecule has 0 spiro atoms. The van der Waals surface area contributed by atoms with Crippen molar-refractivity contribution in [2.45, 2.75) is 72.4 Å². The summed E-state index contributed by atoms with van der Waals surface area (Å²) in [6, 6.07) is 9.63. The fraction of sp³-hybridized carbons (Fsp3) is 0.700. The normalized spacial score (nSPS) is 27.9. The summed E-state index contributed by atoms with van der Waals surface area (Å²) >= 11 is 0. The molecule has 0 aromatic heterocycles. The van der Waals surface area contributed by atoms with Crippen molar-refractivity contribution in [2.24, 2.45) is 17.8 Å². The van der Waals surface area contributed by atoms with Crippen molar-refractivity contribution in [1.29, 1.82) is 0 Å². The molecule has 1 aliphatic carbocycles. The molecular formula is C20H34NO2P. The molecule has 24 heavy (non-hydrogen) atoms. The molecular weight excluding hydrogens is 317 g/mol. The Labute approximate surface area is 148 Å². The van der Waals surface area contributed by atoms with Crippen molar-refractivity contribution in [2.75, 3.05) is 0 Å². The maximum atomic E-state index is 13.8. The minimum Gasteiger partial charge on any atom is -0.311 e. The molecule has 1 aromatic rings. The lowest BCUT2D eigenvalue weighted by atomic mass is 9.75. The van der Waals surface area contributed by atoms with Crippen molar-refractivity contribution >= 4 is 12.8 Å². The van der Waals surface area contributed by atoms with Crippen LogP contribution in [0.4, 0.5) is 0 Å². The van der Waals surface area contributed by atoms with E-state index in [1.54, 1.807) is 0 Å². The van der Waals surface area contributed by atoms with Gasteiger partial charge in [-0.3, -0.25) is 4.57 Å². The van der Waals surface area contributed by atoms with Crippen LogP contribution in [0.5, 0.6) is 0 Å². The lowest BCUT2D eigenvalue weighted by Gasteiger charge is -2.40. The van der Waals surface area contributed by atoms with Gasteiger partial charge < -0.3 is 4.52 Å². The van der Waals surface area contributed by atoms with Gasteiger partial charge in [0.1, 0.15) is 0 Å². The third kappa shape index (κ3) is 5.18. The standard InChI is InChI=1S/C20H34NO2P/c1-15(2)18-13-12-16(3)14-19(18)23-24(22,21-20(4,5)6)17-10-8-7-9-11-17/h7-11,15-16,18-19H,12-14H2,1-6H3,(H,21,22)/t16-,18+,19+,24-/m0/s1. The third-order valence-electron chi connectivity index (χ3n) is 4.82. The van der Waals surface area contributed by atoms with Crippen LogP contribution in [0.15, 0.2) is 30.3 Å². The summed E-state index contributed by atoms with van der Waals surface area (Å²) in [5.74, 6) is 1.64. The average Bonchev–Trinajstić information content (AvgIpc) is 2.46. The van der Waals surface area contributed by atoms with Gasteiger partial charge in [-0.05, 0) is 63.5 Å². The van der Waals surface area contributed by atoms with Crippen molar-refractivity contribution in [3.63, 3.8) is 0 Å². The maximum absolute atomic E-state index is 13.8. The summed E-state index contributed by atoms with van der Waals surface area (Å²) in [4.78, 5) is 0. The Hall–Kier alpha value is -0.630. The Morgan fingerprint density at radius 3 is 2.33 bits per heavy atom. The topological polar surface area (TPSA) is 38.3 Å². The van der Waals surface area contributed by atoms with Gasteiger partial charge in [-0.15, -0.1) is 0 Å². The first kappa shape index (κ1) is 19.7. The molecule has 0 radical (unpaired) electrons. The Balaban J connectivity index is 2.32. The lowest BCUT2D eigenvalue weighted by molar-refractivity contribution is 0.0474. The van der Waals surface area contributed by atoms with Gasteiger partial charge in [-0.1, -0.05) is 45.4 Å². The number of rotatable bonds is 5. The molecule has 136 valence electrons. The number of hydrogen-bond acceptors (Lipinski definition) is 2. The van der Waals surface area contributed by atoms with Crippen molar-refractivity contribution in [3.05, 3.63) is 30.3 Å². The molecule has 1 N–H and O–H groups in total. The summed E-state index contributed by atoms with van der Waals surface area (Å²) in [7, 11) is -3.12. The van der Waals surface area contributed by atoms with E-state index in [0.29, 0.717) is 17.8 Å². The lowest BCUT2D eigenvalue weighted by Crippen LogP contribution is -2.41. The predicted octanol–water partition coefficient (Wildman–Crippen LogP) is 5.37. The Morgan fingerprint density at radius 1 is 1.17 bits per heavy atom. The summed E-state index contributed by atoms with van der Waals surface area (Å²) < 4.78 is 20.3. The summed E-state index contributed by atoms with van der Waals surface area (Å²) in [5.41, 5.74) is -0.279. The van der Waals surface area contributed by atoms with Gasteiger partial charge in [0.25, 0.3) is 7.52 Å². The van der Waals surface area contributed by atoms with Crippen molar-refractivity contribution in [1.82, 2.24) is 5.09 Å². The highest BCUT2D eigenvalue weighted by molar-refractivity contribution is 7.65. The van der Waals surface area contributed by atoms with E-state index in [-0.39, 0.29) is 11.6 Å². The van der Waals surface area contributed by atoms with Gasteiger partial charge in [0.15, 0.2) is 0 Å². The molecule has 1 fully saturated rings. The first-order valence-corrected chi connectivity index (χ1v) is 10.9. The quantitative estimate of drug-likeness (QED) is 0.725. The highest BCUT2D eigenvalue weighted by Crippen LogP contribution is 2.49. The molecule has 2 rings (SSSR count). The average molecular weight is 351 g/mol. The van der Waals surface area contributed by atoms with E-state index in [2.05, 4.69) is 25.9 Å². The largest absolute Gasteiger partial charge is 0.311 e. The van der Waals surface area contributed by atoms with E-state index in [4.69, 9.17) is 4.52 Å². The zero-order valence-corrected chi connectivity index (χ0v) is 17.0. The molecule has 1 saturated carbocycles. The molecule has 0 saturated heterocycles. The zero-order chi connectivity index (χ0) is 18.0. The van der Waals surface area contributed by atoms with Crippen LogP contribution >= 0.6 is 7.52 Å². The van der Waals surface area contributed by atoms with Crippen molar-refractivity contribution < 1.29 is 9.09 Å². The summed E-state index contributed by atoms with van der Waals surface area (Å²) in [6.07, 6.45) is 3.44. The molecule has 0 unspecified atom stereocenters. The second-order valence-electron chi connectivity index (χ2n) is 8.72. The SMILES string of the molecule is CC(C)[C@H]1CC[C@H](C)C[C@H]1O[P@](=O)(NC(C)(C)C)c1ccccc1. The van der Waals surface area contributed by atoms with Crippen LogP contribution in [0, 0.1) is 17.8 Å². The molecule has 0 amide bonds. The van der Waals surface area contributed by atoms with Gasteiger partial charge in [0, 0.05) is 5.54 Å². The van der Waals surface area contributed by atoms with Gasteiger partial charge in [0.2, 0.25) is 0 Å². The molecule has 1 aromatic carbocycles. The van der Waals surface area contributed by atoms with Crippen LogP contribution in [-0.2, 0) is 9.09 Å². The Bertz CT molecular complexity index is 565. The van der Waals surface area contributed by atoms with Crippen LogP contribution in [0.25, 0.3) is 0 Å². The van der Waals surface area contributed by atoms with Crippen LogP contribution in [-0.4, -0.2) is 11.6 Å². The number of nitrogens with one attached hydrogen (secondary N) is 1. The molecule has 0 bridgehead atoms.